The maximum atomic E-state index is 12.7. The number of morpholine rings is 1. The third kappa shape index (κ3) is 3.45. The van der Waals surface area contributed by atoms with E-state index in [2.05, 4.69) is 0 Å². The number of carbonyl (C=O) groups excluding carboxylic acids is 1. The van der Waals surface area contributed by atoms with E-state index in [0.717, 1.165) is 0 Å². The Balaban J connectivity index is 2.25. The minimum absolute atomic E-state index is 0.0929. The van der Waals surface area contributed by atoms with Crippen LogP contribution < -0.4 is 5.48 Å². The summed E-state index contributed by atoms with van der Waals surface area (Å²) in [7, 11) is -3.69. The van der Waals surface area contributed by atoms with Crippen LogP contribution in [0.4, 0.5) is 0 Å². The summed E-state index contributed by atoms with van der Waals surface area (Å²) in [5, 5.41) is 10.3. The lowest BCUT2D eigenvalue weighted by Crippen LogP contribution is -2.51. The molecule has 0 unspecified atom stereocenters. The Kier molecular flexibility index (Phi) is 5.48. The number of benzene rings is 1. The molecule has 1 aliphatic rings. The molecule has 1 aromatic carbocycles. The summed E-state index contributed by atoms with van der Waals surface area (Å²) in [5.41, 5.74) is 1.68. The molecule has 0 saturated carbocycles. The van der Waals surface area contributed by atoms with Crippen molar-refractivity contribution in [2.24, 2.45) is 0 Å². The second-order valence-corrected chi connectivity index (χ2v) is 6.52. The van der Waals surface area contributed by atoms with Gasteiger partial charge in [-0.3, -0.25) is 10.0 Å². The highest BCUT2D eigenvalue weighted by Gasteiger charge is 2.29. The normalized spacial score (nSPS) is 16.7. The number of ether oxygens (including phenoxy) is 1. The molecule has 2 N–H and O–H groups in total. The summed E-state index contributed by atoms with van der Waals surface area (Å²) in [6, 6.07) is 5.41. The van der Waals surface area contributed by atoms with Crippen LogP contribution in [0.5, 0.6) is 0 Å². The number of rotatable bonds is 5. The molecule has 1 aliphatic heterocycles. The van der Waals surface area contributed by atoms with Crippen LogP contribution in [0.3, 0.4) is 0 Å². The van der Waals surface area contributed by atoms with Gasteiger partial charge in [0, 0.05) is 25.2 Å². The molecule has 0 aromatic heterocycles. The van der Waals surface area contributed by atoms with Crippen molar-refractivity contribution in [2.45, 2.75) is 11.8 Å². The number of hydrogen-bond acceptors (Lipinski definition) is 6. The molecule has 1 saturated heterocycles. The molecule has 1 fully saturated rings. The molecule has 1 amide bonds. The number of hydrazine groups is 1. The molecule has 1 aromatic rings. The highest BCUT2D eigenvalue weighted by Crippen LogP contribution is 2.19. The molecular formula is C13H19N3O5S. The minimum atomic E-state index is -3.69. The van der Waals surface area contributed by atoms with E-state index in [1.165, 1.54) is 34.2 Å². The first-order chi connectivity index (χ1) is 10.5. The molecule has 1 heterocycles. The molecular weight excluding hydrogens is 310 g/mol. The van der Waals surface area contributed by atoms with Gasteiger partial charge < -0.3 is 4.74 Å². The van der Waals surface area contributed by atoms with Crippen molar-refractivity contribution in [3.05, 3.63) is 29.8 Å². The fraction of sp³-hybridized carbons (Fsp3) is 0.462. The average Bonchev–Trinajstić information content (AvgIpc) is 2.55. The van der Waals surface area contributed by atoms with Gasteiger partial charge in [-0.25, -0.2) is 18.9 Å². The third-order valence-electron chi connectivity index (χ3n) is 3.37. The van der Waals surface area contributed by atoms with Gasteiger partial charge in [-0.2, -0.15) is 0 Å². The predicted molar refractivity (Wildman–Crippen MR) is 77.7 cm³/mol. The molecule has 0 spiro atoms. The van der Waals surface area contributed by atoms with Crippen LogP contribution in [-0.4, -0.2) is 61.8 Å². The van der Waals surface area contributed by atoms with Gasteiger partial charge in [0.2, 0.25) is 0 Å². The van der Waals surface area contributed by atoms with Crippen LogP contribution in [0.2, 0.25) is 0 Å². The first-order valence-corrected chi connectivity index (χ1v) is 8.34. The zero-order chi connectivity index (χ0) is 16.2. The molecule has 9 heteroatoms. The number of carbonyl (C=O) groups is 1. The molecule has 0 aliphatic carbocycles. The smallest absolute Gasteiger partial charge is 0.274 e. The first kappa shape index (κ1) is 16.8. The Hall–Kier alpha value is -1.52. The van der Waals surface area contributed by atoms with Crippen LogP contribution >= 0.6 is 0 Å². The standard InChI is InChI=1S/C13H19N3O5S/c1-2-16(15-7-9-21-10-8-15)22(19,20)12-5-3-11(4-6-12)13(17)14-18/h3-6,18H,2,7-10H2,1H3,(H,14,17). The summed E-state index contributed by atoms with van der Waals surface area (Å²) >= 11 is 0. The fourth-order valence-corrected chi connectivity index (χ4v) is 3.79. The maximum Gasteiger partial charge on any atom is 0.274 e. The van der Waals surface area contributed by atoms with Gasteiger partial charge >= 0.3 is 0 Å². The van der Waals surface area contributed by atoms with E-state index in [4.69, 9.17) is 9.94 Å². The Labute approximate surface area is 129 Å². The fourth-order valence-electron chi connectivity index (χ4n) is 2.26. The molecule has 22 heavy (non-hydrogen) atoms. The quantitative estimate of drug-likeness (QED) is 0.585. The third-order valence-corrected chi connectivity index (χ3v) is 5.28. The maximum absolute atomic E-state index is 12.7. The van der Waals surface area contributed by atoms with Gasteiger partial charge in [-0.15, -0.1) is 4.41 Å². The zero-order valence-corrected chi connectivity index (χ0v) is 13.0. The number of nitrogens with one attached hydrogen (secondary N) is 1. The number of nitrogens with zero attached hydrogens (tertiary/aromatic N) is 2. The van der Waals surface area contributed by atoms with E-state index in [1.807, 2.05) is 0 Å². The lowest BCUT2D eigenvalue weighted by molar-refractivity contribution is -0.0397. The van der Waals surface area contributed by atoms with Crippen LogP contribution in [0.25, 0.3) is 0 Å². The number of amides is 1. The van der Waals surface area contributed by atoms with E-state index in [9.17, 15) is 13.2 Å². The monoisotopic (exact) mass is 329 g/mol. The van der Waals surface area contributed by atoms with Crippen LogP contribution in [0.15, 0.2) is 29.2 Å². The Morgan fingerprint density at radius 3 is 2.41 bits per heavy atom. The molecule has 0 radical (unpaired) electrons. The molecule has 0 bridgehead atoms. The lowest BCUT2D eigenvalue weighted by Gasteiger charge is -2.35. The van der Waals surface area contributed by atoms with Crippen LogP contribution in [0, 0.1) is 0 Å². The zero-order valence-electron chi connectivity index (χ0n) is 12.2. The van der Waals surface area contributed by atoms with Gasteiger partial charge in [0.25, 0.3) is 15.9 Å². The average molecular weight is 329 g/mol. The summed E-state index contributed by atoms with van der Waals surface area (Å²) in [6.45, 7) is 4.07. The SMILES string of the molecule is CCN(N1CCOCC1)S(=O)(=O)c1ccc(C(=O)NO)cc1. The van der Waals surface area contributed by atoms with Crippen LogP contribution in [0.1, 0.15) is 17.3 Å². The van der Waals surface area contributed by atoms with E-state index >= 15 is 0 Å². The largest absolute Gasteiger partial charge is 0.379 e. The van der Waals surface area contributed by atoms with E-state index < -0.39 is 15.9 Å². The van der Waals surface area contributed by atoms with Gasteiger partial charge in [0.1, 0.15) is 0 Å². The van der Waals surface area contributed by atoms with E-state index in [1.54, 1.807) is 11.9 Å². The minimum Gasteiger partial charge on any atom is -0.379 e. The Morgan fingerprint density at radius 2 is 1.91 bits per heavy atom. The van der Waals surface area contributed by atoms with Crippen molar-refractivity contribution in [3.63, 3.8) is 0 Å². The molecule has 8 nitrogen and oxygen atoms in total. The topological polar surface area (TPSA) is 99.2 Å². The highest BCUT2D eigenvalue weighted by molar-refractivity contribution is 7.89. The van der Waals surface area contributed by atoms with E-state index in [-0.39, 0.29) is 10.5 Å². The lowest BCUT2D eigenvalue weighted by atomic mass is 10.2. The van der Waals surface area contributed by atoms with Gasteiger partial charge in [-0.05, 0) is 31.2 Å². The Bertz CT molecular complexity index is 611. The molecule has 122 valence electrons. The van der Waals surface area contributed by atoms with Crippen molar-refractivity contribution < 1.29 is 23.2 Å². The number of hydrogen-bond donors (Lipinski definition) is 2. The van der Waals surface area contributed by atoms with Crippen molar-refractivity contribution in [1.29, 1.82) is 0 Å². The van der Waals surface area contributed by atoms with Gasteiger partial charge in [0.15, 0.2) is 0 Å². The van der Waals surface area contributed by atoms with Gasteiger partial charge in [0.05, 0.1) is 18.1 Å². The van der Waals surface area contributed by atoms with Gasteiger partial charge in [-0.1, -0.05) is 0 Å². The van der Waals surface area contributed by atoms with Crippen LogP contribution in [-0.2, 0) is 14.8 Å². The Morgan fingerprint density at radius 1 is 1.32 bits per heavy atom. The molecule has 2 rings (SSSR count). The summed E-state index contributed by atoms with van der Waals surface area (Å²) in [6.07, 6.45) is 0. The second-order valence-electron chi connectivity index (χ2n) is 4.67. The number of hydroxylamine groups is 1. The number of sulfonamides is 1. The predicted octanol–water partition coefficient (Wildman–Crippen LogP) is 0.0634. The van der Waals surface area contributed by atoms with E-state index in [0.29, 0.717) is 32.8 Å². The summed E-state index contributed by atoms with van der Waals surface area (Å²) < 4.78 is 32.0. The second kappa shape index (κ2) is 7.16. The van der Waals surface area contributed by atoms with Crippen molar-refractivity contribution in [2.75, 3.05) is 32.8 Å². The highest BCUT2D eigenvalue weighted by atomic mass is 32.2. The van der Waals surface area contributed by atoms with Crippen molar-refractivity contribution in [1.82, 2.24) is 14.9 Å². The van der Waals surface area contributed by atoms with Crippen molar-refractivity contribution in [3.8, 4) is 0 Å². The molecule has 0 atom stereocenters. The first-order valence-electron chi connectivity index (χ1n) is 6.90. The summed E-state index contributed by atoms with van der Waals surface area (Å²) in [4.78, 5) is 11.4. The summed E-state index contributed by atoms with van der Waals surface area (Å²) in [5.74, 6) is -0.690. The van der Waals surface area contributed by atoms with Crippen molar-refractivity contribution >= 4 is 15.9 Å².